The highest BCUT2D eigenvalue weighted by Gasteiger charge is 2.12. The minimum atomic E-state index is 0.725. The molecule has 2 rings (SSSR count). The Balaban J connectivity index is 2.51. The number of hydrogen-bond acceptors (Lipinski definition) is 5. The molecule has 0 saturated heterocycles. The first-order chi connectivity index (χ1) is 9.30. The number of nitrogens with one attached hydrogen (secondary N) is 1. The fourth-order valence-electron chi connectivity index (χ4n) is 1.98. The lowest BCUT2D eigenvalue weighted by molar-refractivity contribution is 0.413. The van der Waals surface area contributed by atoms with E-state index in [-0.39, 0.29) is 0 Å². The summed E-state index contributed by atoms with van der Waals surface area (Å²) in [5.74, 6) is 1.61. The largest absolute Gasteiger partial charge is 0.495 e. The number of rotatable bonds is 5. The van der Waals surface area contributed by atoms with E-state index in [0.717, 1.165) is 41.4 Å². The van der Waals surface area contributed by atoms with Crippen LogP contribution in [0.25, 0.3) is 11.3 Å². The lowest BCUT2D eigenvalue weighted by Gasteiger charge is -2.12. The van der Waals surface area contributed by atoms with Gasteiger partial charge in [0.1, 0.15) is 17.9 Å². The molecule has 2 aromatic rings. The van der Waals surface area contributed by atoms with Crippen LogP contribution in [0.5, 0.6) is 5.75 Å². The summed E-state index contributed by atoms with van der Waals surface area (Å²) in [6.07, 6.45) is 5.91. The number of aromatic nitrogens is 3. The Labute approximate surface area is 113 Å². The SMILES string of the molecule is CCNc1ncnc(-c2cncc(OC)c2)c1CC. The molecule has 0 aromatic carbocycles. The van der Waals surface area contributed by atoms with Crippen molar-refractivity contribution in [2.24, 2.45) is 0 Å². The zero-order valence-corrected chi connectivity index (χ0v) is 11.5. The predicted molar refractivity (Wildman–Crippen MR) is 75.4 cm³/mol. The van der Waals surface area contributed by atoms with Crippen molar-refractivity contribution in [3.63, 3.8) is 0 Å². The van der Waals surface area contributed by atoms with Crippen molar-refractivity contribution >= 4 is 5.82 Å². The standard InChI is InChI=1S/C14H18N4O/c1-4-12-13(17-9-18-14(12)16-5-2)10-6-11(19-3)8-15-7-10/h6-9H,4-5H2,1-3H3,(H,16,17,18). The minimum Gasteiger partial charge on any atom is -0.495 e. The molecule has 5 nitrogen and oxygen atoms in total. The molecule has 0 unspecified atom stereocenters. The zero-order valence-electron chi connectivity index (χ0n) is 11.5. The molecule has 0 aliphatic heterocycles. The summed E-state index contributed by atoms with van der Waals surface area (Å²) in [5, 5.41) is 3.26. The number of ether oxygens (including phenoxy) is 1. The van der Waals surface area contributed by atoms with Crippen LogP contribution in [0.2, 0.25) is 0 Å². The summed E-state index contributed by atoms with van der Waals surface area (Å²) < 4.78 is 5.21. The molecule has 2 heterocycles. The van der Waals surface area contributed by atoms with Gasteiger partial charge < -0.3 is 10.1 Å². The lowest BCUT2D eigenvalue weighted by Crippen LogP contribution is -2.05. The molecular formula is C14H18N4O. The average Bonchev–Trinajstić information content (AvgIpc) is 2.47. The molecule has 0 aliphatic carbocycles. The van der Waals surface area contributed by atoms with E-state index in [9.17, 15) is 0 Å². The van der Waals surface area contributed by atoms with Crippen LogP contribution in [0.3, 0.4) is 0 Å². The van der Waals surface area contributed by atoms with E-state index >= 15 is 0 Å². The van der Waals surface area contributed by atoms with Gasteiger partial charge in [-0.3, -0.25) is 4.98 Å². The van der Waals surface area contributed by atoms with Crippen LogP contribution < -0.4 is 10.1 Å². The molecule has 5 heteroatoms. The molecule has 0 spiro atoms. The number of anilines is 1. The third kappa shape index (κ3) is 2.81. The Bertz CT molecular complexity index is 557. The highest BCUT2D eigenvalue weighted by atomic mass is 16.5. The van der Waals surface area contributed by atoms with E-state index in [4.69, 9.17) is 4.74 Å². The van der Waals surface area contributed by atoms with Crippen molar-refractivity contribution in [3.05, 3.63) is 30.4 Å². The lowest BCUT2D eigenvalue weighted by atomic mass is 10.1. The van der Waals surface area contributed by atoms with E-state index in [1.807, 2.05) is 13.0 Å². The van der Waals surface area contributed by atoms with Crippen molar-refractivity contribution in [3.8, 4) is 17.0 Å². The smallest absolute Gasteiger partial charge is 0.137 e. The van der Waals surface area contributed by atoms with Crippen LogP contribution in [0.4, 0.5) is 5.82 Å². The predicted octanol–water partition coefficient (Wildman–Crippen LogP) is 2.54. The van der Waals surface area contributed by atoms with E-state index in [1.54, 1.807) is 25.8 Å². The van der Waals surface area contributed by atoms with Crippen LogP contribution in [-0.2, 0) is 6.42 Å². The van der Waals surface area contributed by atoms with Crippen molar-refractivity contribution in [2.45, 2.75) is 20.3 Å². The van der Waals surface area contributed by atoms with Gasteiger partial charge in [-0.15, -0.1) is 0 Å². The van der Waals surface area contributed by atoms with E-state index < -0.39 is 0 Å². The maximum absolute atomic E-state index is 5.21. The summed E-state index contributed by atoms with van der Waals surface area (Å²) in [4.78, 5) is 12.9. The summed E-state index contributed by atoms with van der Waals surface area (Å²) in [7, 11) is 1.63. The summed E-state index contributed by atoms with van der Waals surface area (Å²) in [5.41, 5.74) is 2.94. The summed E-state index contributed by atoms with van der Waals surface area (Å²) >= 11 is 0. The highest BCUT2D eigenvalue weighted by Crippen LogP contribution is 2.27. The van der Waals surface area contributed by atoms with Crippen molar-refractivity contribution < 1.29 is 4.74 Å². The Kier molecular flexibility index (Phi) is 4.28. The first kappa shape index (κ1) is 13.3. The van der Waals surface area contributed by atoms with Crippen LogP contribution in [0.15, 0.2) is 24.8 Å². The molecule has 100 valence electrons. The second-order valence-corrected chi connectivity index (χ2v) is 4.05. The Morgan fingerprint density at radius 3 is 2.74 bits per heavy atom. The van der Waals surface area contributed by atoms with Crippen LogP contribution in [0.1, 0.15) is 19.4 Å². The van der Waals surface area contributed by atoms with Crippen LogP contribution in [0, 0.1) is 0 Å². The number of nitrogens with zero attached hydrogens (tertiary/aromatic N) is 3. The molecule has 0 atom stereocenters. The van der Waals surface area contributed by atoms with Crippen molar-refractivity contribution in [2.75, 3.05) is 19.0 Å². The molecule has 0 fully saturated rings. The molecule has 0 bridgehead atoms. The molecular weight excluding hydrogens is 240 g/mol. The first-order valence-electron chi connectivity index (χ1n) is 6.37. The van der Waals surface area contributed by atoms with Gasteiger partial charge in [-0.1, -0.05) is 6.92 Å². The second kappa shape index (κ2) is 6.13. The highest BCUT2D eigenvalue weighted by molar-refractivity contribution is 5.68. The molecule has 2 aromatic heterocycles. The Hall–Kier alpha value is -2.17. The Morgan fingerprint density at radius 1 is 1.21 bits per heavy atom. The fraction of sp³-hybridized carbons (Fsp3) is 0.357. The molecule has 0 radical (unpaired) electrons. The molecule has 1 N–H and O–H groups in total. The zero-order chi connectivity index (χ0) is 13.7. The molecule has 19 heavy (non-hydrogen) atoms. The molecule has 0 amide bonds. The van der Waals surface area contributed by atoms with Gasteiger partial charge in [0.2, 0.25) is 0 Å². The van der Waals surface area contributed by atoms with E-state index in [1.165, 1.54) is 0 Å². The quantitative estimate of drug-likeness (QED) is 0.893. The minimum absolute atomic E-state index is 0.725. The van der Waals surface area contributed by atoms with Gasteiger partial charge in [-0.05, 0) is 19.4 Å². The summed E-state index contributed by atoms with van der Waals surface area (Å²) in [6.45, 7) is 4.98. The van der Waals surface area contributed by atoms with Crippen LogP contribution in [-0.4, -0.2) is 28.6 Å². The number of methoxy groups -OCH3 is 1. The number of pyridine rings is 1. The topological polar surface area (TPSA) is 59.9 Å². The maximum atomic E-state index is 5.21. The number of hydrogen-bond donors (Lipinski definition) is 1. The third-order valence-electron chi connectivity index (χ3n) is 2.87. The molecule has 0 aliphatic rings. The fourth-order valence-corrected chi connectivity index (χ4v) is 1.98. The van der Waals surface area contributed by atoms with Gasteiger partial charge in [0.15, 0.2) is 0 Å². The van der Waals surface area contributed by atoms with E-state index in [0.29, 0.717) is 0 Å². The average molecular weight is 258 g/mol. The van der Waals surface area contributed by atoms with Crippen LogP contribution >= 0.6 is 0 Å². The van der Waals surface area contributed by atoms with Gasteiger partial charge in [-0.25, -0.2) is 9.97 Å². The molecule has 0 saturated carbocycles. The van der Waals surface area contributed by atoms with Gasteiger partial charge >= 0.3 is 0 Å². The van der Waals surface area contributed by atoms with Gasteiger partial charge in [-0.2, -0.15) is 0 Å². The third-order valence-corrected chi connectivity index (χ3v) is 2.87. The van der Waals surface area contributed by atoms with Crippen molar-refractivity contribution in [1.82, 2.24) is 15.0 Å². The first-order valence-corrected chi connectivity index (χ1v) is 6.37. The summed E-state index contributed by atoms with van der Waals surface area (Å²) in [6, 6.07) is 1.93. The van der Waals surface area contributed by atoms with Gasteiger partial charge in [0, 0.05) is 23.9 Å². The monoisotopic (exact) mass is 258 g/mol. The van der Waals surface area contributed by atoms with E-state index in [2.05, 4.69) is 27.2 Å². The van der Waals surface area contributed by atoms with Gasteiger partial charge in [0.25, 0.3) is 0 Å². The van der Waals surface area contributed by atoms with Gasteiger partial charge in [0.05, 0.1) is 19.0 Å². The van der Waals surface area contributed by atoms with Crippen molar-refractivity contribution in [1.29, 1.82) is 0 Å². The normalized spacial score (nSPS) is 10.3. The maximum Gasteiger partial charge on any atom is 0.137 e. The second-order valence-electron chi connectivity index (χ2n) is 4.05. The Morgan fingerprint density at radius 2 is 2.05 bits per heavy atom.